The van der Waals surface area contributed by atoms with Gasteiger partial charge in [0.1, 0.15) is 0 Å². The van der Waals surface area contributed by atoms with E-state index in [1.807, 2.05) is 6.92 Å². The molecule has 7 unspecified atom stereocenters. The molecule has 130 valence electrons. The molecular formula is C20H38O2. The molecule has 7 atom stereocenters. The molecular weight excluding hydrogens is 272 g/mol. The molecule has 2 fully saturated rings. The van der Waals surface area contributed by atoms with E-state index in [4.69, 9.17) is 0 Å². The van der Waals surface area contributed by atoms with Gasteiger partial charge in [-0.05, 0) is 81.5 Å². The van der Waals surface area contributed by atoms with E-state index in [1.54, 1.807) is 0 Å². The third-order valence-corrected chi connectivity index (χ3v) is 6.73. The van der Waals surface area contributed by atoms with Gasteiger partial charge in [-0.3, -0.25) is 0 Å². The zero-order valence-corrected chi connectivity index (χ0v) is 15.0. The molecule has 2 aliphatic rings. The summed E-state index contributed by atoms with van der Waals surface area (Å²) in [6.45, 7) is 6.73. The highest BCUT2D eigenvalue weighted by molar-refractivity contribution is 4.83. The van der Waals surface area contributed by atoms with Crippen LogP contribution in [0.1, 0.15) is 85.0 Å². The highest BCUT2D eigenvalue weighted by Crippen LogP contribution is 2.42. The van der Waals surface area contributed by atoms with Gasteiger partial charge in [-0.25, -0.2) is 0 Å². The molecule has 2 aliphatic carbocycles. The van der Waals surface area contributed by atoms with E-state index in [0.29, 0.717) is 0 Å². The van der Waals surface area contributed by atoms with Crippen molar-refractivity contribution < 1.29 is 10.2 Å². The SMILES string of the molecule is CC(O)CCC1C(C)CCCC1CCC1CC(O)CCC1C. The first-order valence-electron chi connectivity index (χ1n) is 9.83. The summed E-state index contributed by atoms with van der Waals surface area (Å²) in [6, 6.07) is 0. The van der Waals surface area contributed by atoms with Crippen molar-refractivity contribution in [1.29, 1.82) is 0 Å². The van der Waals surface area contributed by atoms with E-state index in [2.05, 4.69) is 13.8 Å². The van der Waals surface area contributed by atoms with Crippen LogP contribution < -0.4 is 0 Å². The third-order valence-electron chi connectivity index (χ3n) is 6.73. The van der Waals surface area contributed by atoms with Crippen LogP contribution in [-0.2, 0) is 0 Å². The zero-order valence-electron chi connectivity index (χ0n) is 15.0. The summed E-state index contributed by atoms with van der Waals surface area (Å²) in [5, 5.41) is 19.6. The van der Waals surface area contributed by atoms with Crippen LogP contribution >= 0.6 is 0 Å². The Hall–Kier alpha value is -0.0800. The Bertz CT molecular complexity index is 315. The number of aliphatic hydroxyl groups is 2. The molecule has 22 heavy (non-hydrogen) atoms. The minimum atomic E-state index is -0.150. The van der Waals surface area contributed by atoms with Crippen molar-refractivity contribution in [3.8, 4) is 0 Å². The average molecular weight is 311 g/mol. The minimum absolute atomic E-state index is 0.0440. The van der Waals surface area contributed by atoms with Gasteiger partial charge in [0.15, 0.2) is 0 Å². The van der Waals surface area contributed by atoms with E-state index in [1.165, 1.54) is 44.9 Å². The standard InChI is InChI=1S/C20H38O2/c1-14-7-11-19(22)13-18(14)10-9-17-6-4-5-15(2)20(17)12-8-16(3)21/h14-22H,4-13H2,1-3H3. The summed E-state index contributed by atoms with van der Waals surface area (Å²) < 4.78 is 0. The third kappa shape index (κ3) is 5.23. The summed E-state index contributed by atoms with van der Waals surface area (Å²) >= 11 is 0. The van der Waals surface area contributed by atoms with Crippen LogP contribution in [0.5, 0.6) is 0 Å². The molecule has 2 rings (SSSR count). The van der Waals surface area contributed by atoms with Crippen LogP contribution in [0.3, 0.4) is 0 Å². The van der Waals surface area contributed by atoms with Crippen molar-refractivity contribution in [1.82, 2.24) is 0 Å². The topological polar surface area (TPSA) is 40.5 Å². The Morgan fingerprint density at radius 2 is 1.64 bits per heavy atom. The maximum Gasteiger partial charge on any atom is 0.0543 e. The second-order valence-electron chi connectivity index (χ2n) is 8.54. The lowest BCUT2D eigenvalue weighted by molar-refractivity contribution is 0.0590. The maximum absolute atomic E-state index is 9.95. The van der Waals surface area contributed by atoms with Gasteiger partial charge >= 0.3 is 0 Å². The van der Waals surface area contributed by atoms with Gasteiger partial charge in [0.2, 0.25) is 0 Å². The average Bonchev–Trinajstić information content (AvgIpc) is 2.47. The van der Waals surface area contributed by atoms with Crippen molar-refractivity contribution in [2.75, 3.05) is 0 Å². The number of rotatable bonds is 6. The summed E-state index contributed by atoms with van der Waals surface area (Å²) in [6.07, 6.45) is 12.0. The lowest BCUT2D eigenvalue weighted by Gasteiger charge is -2.39. The molecule has 2 saturated carbocycles. The molecule has 0 aliphatic heterocycles. The molecule has 0 aromatic rings. The maximum atomic E-state index is 9.95. The van der Waals surface area contributed by atoms with Crippen molar-refractivity contribution in [2.45, 2.75) is 97.2 Å². The number of hydrogen-bond acceptors (Lipinski definition) is 2. The largest absolute Gasteiger partial charge is 0.393 e. The normalized spacial score (nSPS) is 41.3. The number of aliphatic hydroxyl groups excluding tert-OH is 2. The molecule has 2 nitrogen and oxygen atoms in total. The molecule has 0 bridgehead atoms. The summed E-state index contributed by atoms with van der Waals surface area (Å²) in [4.78, 5) is 0. The number of hydrogen-bond donors (Lipinski definition) is 2. The van der Waals surface area contributed by atoms with Gasteiger partial charge in [-0.15, -0.1) is 0 Å². The van der Waals surface area contributed by atoms with Gasteiger partial charge < -0.3 is 10.2 Å². The molecule has 0 heterocycles. The van der Waals surface area contributed by atoms with Gasteiger partial charge in [-0.1, -0.05) is 33.1 Å². The molecule has 2 N–H and O–H groups in total. The van der Waals surface area contributed by atoms with E-state index in [0.717, 1.165) is 48.9 Å². The van der Waals surface area contributed by atoms with E-state index in [9.17, 15) is 10.2 Å². The van der Waals surface area contributed by atoms with E-state index in [-0.39, 0.29) is 12.2 Å². The predicted octanol–water partition coefficient (Wildman–Crippen LogP) is 4.78. The van der Waals surface area contributed by atoms with Gasteiger partial charge in [0.25, 0.3) is 0 Å². The Morgan fingerprint density at radius 1 is 0.909 bits per heavy atom. The van der Waals surface area contributed by atoms with Crippen LogP contribution in [0.2, 0.25) is 0 Å². The van der Waals surface area contributed by atoms with E-state index >= 15 is 0 Å². The Morgan fingerprint density at radius 3 is 2.36 bits per heavy atom. The second-order valence-corrected chi connectivity index (χ2v) is 8.54. The van der Waals surface area contributed by atoms with Crippen molar-refractivity contribution in [2.24, 2.45) is 29.6 Å². The monoisotopic (exact) mass is 310 g/mol. The fourth-order valence-electron chi connectivity index (χ4n) is 5.13. The first kappa shape index (κ1) is 18.3. The van der Waals surface area contributed by atoms with Gasteiger partial charge in [0, 0.05) is 0 Å². The molecule has 0 spiro atoms. The lowest BCUT2D eigenvalue weighted by atomic mass is 9.67. The molecule has 0 aromatic carbocycles. The van der Waals surface area contributed by atoms with E-state index < -0.39 is 0 Å². The Kier molecular flexibility index (Phi) is 7.21. The van der Waals surface area contributed by atoms with Crippen LogP contribution in [0, 0.1) is 29.6 Å². The predicted molar refractivity (Wildman–Crippen MR) is 92.7 cm³/mol. The van der Waals surface area contributed by atoms with Crippen molar-refractivity contribution >= 4 is 0 Å². The summed E-state index contributed by atoms with van der Waals surface area (Å²) in [5.41, 5.74) is 0. The zero-order chi connectivity index (χ0) is 16.1. The fraction of sp³-hybridized carbons (Fsp3) is 1.00. The molecule has 0 aromatic heterocycles. The first-order chi connectivity index (χ1) is 10.5. The van der Waals surface area contributed by atoms with Crippen LogP contribution in [0.4, 0.5) is 0 Å². The second kappa shape index (κ2) is 8.68. The fourth-order valence-corrected chi connectivity index (χ4v) is 5.13. The Balaban J connectivity index is 1.85. The van der Waals surface area contributed by atoms with Crippen LogP contribution in [0.15, 0.2) is 0 Å². The molecule has 2 heteroatoms. The van der Waals surface area contributed by atoms with Crippen molar-refractivity contribution in [3.05, 3.63) is 0 Å². The summed E-state index contributed by atoms with van der Waals surface area (Å²) in [7, 11) is 0. The Labute approximate surface area is 137 Å². The highest BCUT2D eigenvalue weighted by Gasteiger charge is 2.32. The lowest BCUT2D eigenvalue weighted by Crippen LogP contribution is -2.30. The minimum Gasteiger partial charge on any atom is -0.393 e. The van der Waals surface area contributed by atoms with Crippen LogP contribution in [-0.4, -0.2) is 22.4 Å². The van der Waals surface area contributed by atoms with Crippen molar-refractivity contribution in [3.63, 3.8) is 0 Å². The van der Waals surface area contributed by atoms with Gasteiger partial charge in [-0.2, -0.15) is 0 Å². The quantitative estimate of drug-likeness (QED) is 0.741. The molecule has 0 amide bonds. The van der Waals surface area contributed by atoms with Crippen LogP contribution in [0.25, 0.3) is 0 Å². The molecule has 0 radical (unpaired) electrons. The smallest absolute Gasteiger partial charge is 0.0543 e. The highest BCUT2D eigenvalue weighted by atomic mass is 16.3. The molecule has 0 saturated heterocycles. The van der Waals surface area contributed by atoms with Gasteiger partial charge in [0.05, 0.1) is 12.2 Å². The first-order valence-corrected chi connectivity index (χ1v) is 9.83. The summed E-state index contributed by atoms with van der Waals surface area (Å²) in [5.74, 6) is 4.02.